The highest BCUT2D eigenvalue weighted by Crippen LogP contribution is 2.26. The van der Waals surface area contributed by atoms with Gasteiger partial charge in [-0.05, 0) is 31.7 Å². The highest BCUT2D eigenvalue weighted by molar-refractivity contribution is 5.79. The fourth-order valence-corrected chi connectivity index (χ4v) is 3.80. The SMILES string of the molecule is Cc1cccc(C(CNC(=O)C2CCCC2O)N2CCOCC2)c1. The Morgan fingerprint density at radius 3 is 2.83 bits per heavy atom. The van der Waals surface area contributed by atoms with Gasteiger partial charge in [-0.15, -0.1) is 0 Å². The molecule has 1 saturated heterocycles. The fourth-order valence-electron chi connectivity index (χ4n) is 3.80. The molecule has 1 heterocycles. The maximum Gasteiger partial charge on any atom is 0.225 e. The summed E-state index contributed by atoms with van der Waals surface area (Å²) in [6.45, 7) is 5.88. The Morgan fingerprint density at radius 1 is 1.38 bits per heavy atom. The molecule has 24 heavy (non-hydrogen) atoms. The molecule has 1 amide bonds. The largest absolute Gasteiger partial charge is 0.392 e. The number of morpholine rings is 1. The van der Waals surface area contributed by atoms with Crippen molar-refractivity contribution in [3.63, 3.8) is 0 Å². The number of aliphatic hydroxyl groups is 1. The number of amides is 1. The van der Waals surface area contributed by atoms with Gasteiger partial charge in [-0.1, -0.05) is 29.8 Å². The average Bonchev–Trinajstić information content (AvgIpc) is 3.02. The van der Waals surface area contributed by atoms with Crippen LogP contribution in [0.15, 0.2) is 24.3 Å². The summed E-state index contributed by atoms with van der Waals surface area (Å²) in [5, 5.41) is 13.0. The van der Waals surface area contributed by atoms with E-state index < -0.39 is 6.10 Å². The highest BCUT2D eigenvalue weighted by atomic mass is 16.5. The summed E-state index contributed by atoms with van der Waals surface area (Å²) >= 11 is 0. The second-order valence-corrected chi connectivity index (χ2v) is 6.93. The normalized spacial score (nSPS) is 26.2. The number of hydrogen-bond acceptors (Lipinski definition) is 4. The topological polar surface area (TPSA) is 61.8 Å². The third kappa shape index (κ3) is 4.15. The number of hydrogen-bond donors (Lipinski definition) is 2. The van der Waals surface area contributed by atoms with E-state index in [1.807, 2.05) is 0 Å². The third-order valence-electron chi connectivity index (χ3n) is 5.20. The molecule has 0 radical (unpaired) electrons. The summed E-state index contributed by atoms with van der Waals surface area (Å²) in [6, 6.07) is 8.63. The first-order valence-electron chi connectivity index (χ1n) is 8.99. The molecular formula is C19H28N2O3. The lowest BCUT2D eigenvalue weighted by Crippen LogP contribution is -2.45. The number of rotatable bonds is 5. The Kier molecular flexibility index (Phi) is 5.87. The summed E-state index contributed by atoms with van der Waals surface area (Å²) in [4.78, 5) is 14.8. The first-order chi connectivity index (χ1) is 11.6. The van der Waals surface area contributed by atoms with Gasteiger partial charge in [0.2, 0.25) is 5.91 Å². The Morgan fingerprint density at radius 2 is 2.17 bits per heavy atom. The predicted molar refractivity (Wildman–Crippen MR) is 92.7 cm³/mol. The molecular weight excluding hydrogens is 304 g/mol. The number of nitrogens with zero attached hydrogens (tertiary/aromatic N) is 1. The molecule has 0 aromatic heterocycles. The maximum absolute atomic E-state index is 12.4. The number of benzene rings is 1. The van der Waals surface area contributed by atoms with Crippen LogP contribution in [0.4, 0.5) is 0 Å². The highest BCUT2D eigenvalue weighted by Gasteiger charge is 2.32. The molecule has 1 aliphatic carbocycles. The van der Waals surface area contributed by atoms with Crippen LogP contribution < -0.4 is 5.32 Å². The minimum absolute atomic E-state index is 0.00841. The smallest absolute Gasteiger partial charge is 0.225 e. The van der Waals surface area contributed by atoms with Crippen molar-refractivity contribution >= 4 is 5.91 Å². The lowest BCUT2D eigenvalue weighted by Gasteiger charge is -2.35. The van der Waals surface area contributed by atoms with Crippen LogP contribution in [0.1, 0.15) is 36.4 Å². The van der Waals surface area contributed by atoms with Crippen LogP contribution in [-0.4, -0.2) is 54.9 Å². The van der Waals surface area contributed by atoms with E-state index >= 15 is 0 Å². The summed E-state index contributed by atoms with van der Waals surface area (Å²) in [5.74, 6) is -0.251. The second-order valence-electron chi connectivity index (χ2n) is 6.93. The molecule has 2 N–H and O–H groups in total. The van der Waals surface area contributed by atoms with Gasteiger partial charge in [-0.25, -0.2) is 0 Å². The molecule has 2 aliphatic rings. The van der Waals surface area contributed by atoms with Crippen molar-refractivity contribution in [1.82, 2.24) is 10.2 Å². The van der Waals surface area contributed by atoms with Crippen molar-refractivity contribution < 1.29 is 14.6 Å². The van der Waals surface area contributed by atoms with Gasteiger partial charge in [0.05, 0.1) is 31.3 Å². The molecule has 132 valence electrons. The lowest BCUT2D eigenvalue weighted by atomic mass is 10.0. The molecule has 1 aromatic carbocycles. The number of ether oxygens (including phenoxy) is 1. The molecule has 5 heteroatoms. The number of aliphatic hydroxyl groups excluding tert-OH is 1. The molecule has 3 rings (SSSR count). The quantitative estimate of drug-likeness (QED) is 0.861. The summed E-state index contributed by atoms with van der Waals surface area (Å²) < 4.78 is 5.47. The van der Waals surface area contributed by atoms with Crippen LogP contribution in [0.5, 0.6) is 0 Å². The average molecular weight is 332 g/mol. The van der Waals surface area contributed by atoms with Crippen LogP contribution in [0.3, 0.4) is 0 Å². The zero-order valence-corrected chi connectivity index (χ0v) is 14.4. The molecule has 0 bridgehead atoms. The Balaban J connectivity index is 1.68. The van der Waals surface area contributed by atoms with E-state index in [0.29, 0.717) is 6.54 Å². The van der Waals surface area contributed by atoms with Crippen LogP contribution in [0.25, 0.3) is 0 Å². The van der Waals surface area contributed by atoms with E-state index in [2.05, 4.69) is 41.4 Å². The van der Waals surface area contributed by atoms with Gasteiger partial charge in [0, 0.05) is 19.6 Å². The van der Waals surface area contributed by atoms with Crippen molar-refractivity contribution in [2.75, 3.05) is 32.8 Å². The first-order valence-corrected chi connectivity index (χ1v) is 8.99. The van der Waals surface area contributed by atoms with Gasteiger partial charge >= 0.3 is 0 Å². The van der Waals surface area contributed by atoms with E-state index in [9.17, 15) is 9.90 Å². The van der Waals surface area contributed by atoms with Crippen molar-refractivity contribution in [1.29, 1.82) is 0 Å². The zero-order valence-electron chi connectivity index (χ0n) is 14.4. The summed E-state index contributed by atoms with van der Waals surface area (Å²) in [5.41, 5.74) is 2.45. The minimum Gasteiger partial charge on any atom is -0.392 e. The van der Waals surface area contributed by atoms with Gasteiger partial charge in [0.25, 0.3) is 0 Å². The monoisotopic (exact) mass is 332 g/mol. The zero-order chi connectivity index (χ0) is 16.9. The second kappa shape index (κ2) is 8.10. The van der Waals surface area contributed by atoms with Gasteiger partial charge in [0.15, 0.2) is 0 Å². The summed E-state index contributed by atoms with van der Waals surface area (Å²) in [7, 11) is 0. The number of aryl methyl sites for hydroxylation is 1. The van der Waals surface area contributed by atoms with E-state index in [1.54, 1.807) is 0 Å². The first kappa shape index (κ1) is 17.4. The van der Waals surface area contributed by atoms with E-state index in [-0.39, 0.29) is 17.9 Å². The molecule has 1 aromatic rings. The van der Waals surface area contributed by atoms with Gasteiger partial charge in [-0.2, -0.15) is 0 Å². The van der Waals surface area contributed by atoms with Crippen LogP contribution in [0.2, 0.25) is 0 Å². The predicted octanol–water partition coefficient (Wildman–Crippen LogP) is 1.65. The molecule has 1 aliphatic heterocycles. The van der Waals surface area contributed by atoms with E-state index in [0.717, 1.165) is 45.6 Å². The van der Waals surface area contributed by atoms with E-state index in [4.69, 9.17) is 4.74 Å². The molecule has 1 saturated carbocycles. The molecule has 3 atom stereocenters. The van der Waals surface area contributed by atoms with Crippen LogP contribution in [-0.2, 0) is 9.53 Å². The van der Waals surface area contributed by atoms with Crippen molar-refractivity contribution in [2.45, 2.75) is 38.3 Å². The molecule has 5 nitrogen and oxygen atoms in total. The fraction of sp³-hybridized carbons (Fsp3) is 0.632. The lowest BCUT2D eigenvalue weighted by molar-refractivity contribution is -0.127. The van der Waals surface area contributed by atoms with Gasteiger partial charge < -0.3 is 15.2 Å². The van der Waals surface area contributed by atoms with Gasteiger partial charge in [0.1, 0.15) is 0 Å². The minimum atomic E-state index is -0.481. The Bertz CT molecular complexity index is 557. The van der Waals surface area contributed by atoms with E-state index in [1.165, 1.54) is 11.1 Å². The molecule has 2 fully saturated rings. The van der Waals surface area contributed by atoms with Crippen molar-refractivity contribution in [2.24, 2.45) is 5.92 Å². The molecule has 3 unspecified atom stereocenters. The Hall–Kier alpha value is -1.43. The van der Waals surface area contributed by atoms with Crippen molar-refractivity contribution in [3.05, 3.63) is 35.4 Å². The Labute approximate surface area is 144 Å². The number of carbonyl (C=O) groups excluding carboxylic acids is 1. The third-order valence-corrected chi connectivity index (χ3v) is 5.20. The number of nitrogens with one attached hydrogen (secondary N) is 1. The summed E-state index contributed by atoms with van der Waals surface area (Å²) in [6.07, 6.45) is 1.98. The maximum atomic E-state index is 12.4. The van der Waals surface area contributed by atoms with Crippen LogP contribution in [0, 0.1) is 12.8 Å². The van der Waals surface area contributed by atoms with Crippen LogP contribution >= 0.6 is 0 Å². The standard InChI is InChI=1S/C19H28N2O3/c1-14-4-2-5-15(12-14)17(21-8-10-24-11-9-21)13-20-19(23)16-6-3-7-18(16)22/h2,4-5,12,16-18,22H,3,6-11,13H2,1H3,(H,20,23). The molecule has 0 spiro atoms. The number of carbonyl (C=O) groups is 1. The van der Waals surface area contributed by atoms with Gasteiger partial charge in [-0.3, -0.25) is 9.69 Å². The van der Waals surface area contributed by atoms with Crippen molar-refractivity contribution in [3.8, 4) is 0 Å².